The van der Waals surface area contributed by atoms with Gasteiger partial charge in [0.15, 0.2) is 0 Å². The predicted octanol–water partition coefficient (Wildman–Crippen LogP) is 4.79. The molecule has 0 heterocycles. The maximum atomic E-state index is 6.33. The average Bonchev–Trinajstić information content (AvgIpc) is 2.46. The summed E-state index contributed by atoms with van der Waals surface area (Å²) in [6.45, 7) is 4.93. The van der Waals surface area contributed by atoms with Crippen molar-refractivity contribution in [2.24, 2.45) is 5.73 Å². The Hall–Kier alpha value is -1.32. The molecule has 0 aromatic heterocycles. The molecule has 0 bridgehead atoms. The van der Waals surface area contributed by atoms with Crippen LogP contribution in [-0.4, -0.2) is 6.61 Å². The summed E-state index contributed by atoms with van der Waals surface area (Å²) in [5.74, 6) is 0.878. The van der Waals surface area contributed by atoms with Crippen molar-refractivity contribution < 1.29 is 4.74 Å². The molecule has 112 valence electrons. The van der Waals surface area contributed by atoms with Gasteiger partial charge in [0.2, 0.25) is 0 Å². The lowest BCUT2D eigenvalue weighted by molar-refractivity contribution is 0.315. The van der Waals surface area contributed by atoms with E-state index in [2.05, 4.69) is 66.2 Å². The van der Waals surface area contributed by atoms with E-state index in [1.54, 1.807) is 0 Å². The summed E-state index contributed by atoms with van der Waals surface area (Å²) in [5.41, 5.74) is 9.99. The van der Waals surface area contributed by atoms with E-state index in [0.717, 1.165) is 35.2 Å². The van der Waals surface area contributed by atoms with Crippen LogP contribution in [-0.2, 0) is 6.42 Å². The summed E-state index contributed by atoms with van der Waals surface area (Å²) in [6.07, 6.45) is 1.84. The van der Waals surface area contributed by atoms with Crippen LogP contribution in [0.1, 0.15) is 36.1 Å². The summed E-state index contributed by atoms with van der Waals surface area (Å²) < 4.78 is 6.63. The molecule has 21 heavy (non-hydrogen) atoms. The molecular formula is C18H22BrNO. The molecular weight excluding hydrogens is 326 g/mol. The van der Waals surface area contributed by atoms with Crippen molar-refractivity contribution in [1.29, 1.82) is 0 Å². The molecule has 0 radical (unpaired) electrons. The molecule has 1 unspecified atom stereocenters. The minimum atomic E-state index is -0.0108. The van der Waals surface area contributed by atoms with Gasteiger partial charge in [0, 0.05) is 6.04 Å². The molecule has 2 N–H and O–H groups in total. The van der Waals surface area contributed by atoms with Gasteiger partial charge in [0.1, 0.15) is 5.75 Å². The third-order valence-electron chi connectivity index (χ3n) is 3.38. The zero-order chi connectivity index (χ0) is 15.2. The van der Waals surface area contributed by atoms with Gasteiger partial charge in [-0.05, 0) is 59.0 Å². The number of benzene rings is 2. The third-order valence-corrected chi connectivity index (χ3v) is 4.00. The maximum absolute atomic E-state index is 6.33. The summed E-state index contributed by atoms with van der Waals surface area (Å²) in [6, 6.07) is 14.6. The SMILES string of the molecule is CCCOc1ccc(C(N)Cc2cccc(C)c2)cc1Br. The van der Waals surface area contributed by atoms with Gasteiger partial charge >= 0.3 is 0 Å². The number of hydrogen-bond donors (Lipinski definition) is 1. The first-order valence-electron chi connectivity index (χ1n) is 7.33. The molecule has 0 aliphatic carbocycles. The highest BCUT2D eigenvalue weighted by molar-refractivity contribution is 9.10. The van der Waals surface area contributed by atoms with E-state index in [1.165, 1.54) is 11.1 Å². The molecule has 2 nitrogen and oxygen atoms in total. The van der Waals surface area contributed by atoms with Gasteiger partial charge in [-0.2, -0.15) is 0 Å². The van der Waals surface area contributed by atoms with Crippen LogP contribution in [0, 0.1) is 6.92 Å². The van der Waals surface area contributed by atoms with Crippen LogP contribution >= 0.6 is 15.9 Å². The van der Waals surface area contributed by atoms with Crippen molar-refractivity contribution in [1.82, 2.24) is 0 Å². The minimum absolute atomic E-state index is 0.0108. The first kappa shape index (κ1) is 16.1. The molecule has 2 rings (SSSR count). The van der Waals surface area contributed by atoms with Crippen molar-refractivity contribution in [3.63, 3.8) is 0 Å². The molecule has 0 saturated carbocycles. The standard InChI is InChI=1S/C18H22BrNO/c1-3-9-21-18-8-7-15(12-16(18)19)17(20)11-14-6-4-5-13(2)10-14/h4-8,10,12,17H,3,9,11,20H2,1-2H3. The molecule has 2 aromatic rings. The highest BCUT2D eigenvalue weighted by Gasteiger charge is 2.10. The van der Waals surface area contributed by atoms with Crippen LogP contribution in [0.2, 0.25) is 0 Å². The van der Waals surface area contributed by atoms with Crippen LogP contribution in [0.3, 0.4) is 0 Å². The van der Waals surface area contributed by atoms with E-state index >= 15 is 0 Å². The van der Waals surface area contributed by atoms with E-state index in [9.17, 15) is 0 Å². The second-order valence-corrected chi connectivity index (χ2v) is 6.19. The molecule has 0 aliphatic heterocycles. The Kier molecular flexibility index (Phi) is 5.83. The highest BCUT2D eigenvalue weighted by atomic mass is 79.9. The fraction of sp³-hybridized carbons (Fsp3) is 0.333. The second kappa shape index (κ2) is 7.62. The van der Waals surface area contributed by atoms with E-state index in [4.69, 9.17) is 10.5 Å². The van der Waals surface area contributed by atoms with Crippen LogP contribution in [0.15, 0.2) is 46.9 Å². The molecule has 0 aliphatic rings. The monoisotopic (exact) mass is 347 g/mol. The van der Waals surface area contributed by atoms with Crippen molar-refractivity contribution in [3.8, 4) is 5.75 Å². The van der Waals surface area contributed by atoms with E-state index in [0.29, 0.717) is 0 Å². The Labute approximate surface area is 135 Å². The van der Waals surface area contributed by atoms with Crippen molar-refractivity contribution in [3.05, 3.63) is 63.6 Å². The number of halogens is 1. The fourth-order valence-electron chi connectivity index (χ4n) is 2.29. The Morgan fingerprint density at radius 3 is 2.67 bits per heavy atom. The van der Waals surface area contributed by atoms with Gasteiger partial charge in [-0.1, -0.05) is 42.8 Å². The van der Waals surface area contributed by atoms with Crippen LogP contribution in [0.25, 0.3) is 0 Å². The molecule has 0 spiro atoms. The topological polar surface area (TPSA) is 35.2 Å². The van der Waals surface area contributed by atoms with Gasteiger partial charge in [-0.15, -0.1) is 0 Å². The van der Waals surface area contributed by atoms with Crippen molar-refractivity contribution in [2.75, 3.05) is 6.61 Å². The van der Waals surface area contributed by atoms with Crippen molar-refractivity contribution in [2.45, 2.75) is 32.7 Å². The number of nitrogens with two attached hydrogens (primary N) is 1. The van der Waals surface area contributed by atoms with Crippen LogP contribution in [0.4, 0.5) is 0 Å². The number of aryl methyl sites for hydroxylation is 1. The molecule has 2 aromatic carbocycles. The smallest absolute Gasteiger partial charge is 0.133 e. The molecule has 0 saturated heterocycles. The Bertz CT molecular complexity index is 598. The largest absolute Gasteiger partial charge is 0.492 e. The summed E-state index contributed by atoms with van der Waals surface area (Å²) in [7, 11) is 0. The van der Waals surface area contributed by atoms with Gasteiger partial charge in [0.05, 0.1) is 11.1 Å². The summed E-state index contributed by atoms with van der Waals surface area (Å²) >= 11 is 3.56. The predicted molar refractivity (Wildman–Crippen MR) is 91.7 cm³/mol. The molecule has 3 heteroatoms. The Morgan fingerprint density at radius 1 is 1.19 bits per heavy atom. The Balaban J connectivity index is 2.08. The van der Waals surface area contributed by atoms with Gasteiger partial charge in [-0.25, -0.2) is 0 Å². The normalized spacial score (nSPS) is 12.2. The molecule has 0 fully saturated rings. The lowest BCUT2D eigenvalue weighted by Crippen LogP contribution is -2.13. The van der Waals surface area contributed by atoms with E-state index in [1.807, 2.05) is 6.07 Å². The van der Waals surface area contributed by atoms with Gasteiger partial charge in [-0.3, -0.25) is 0 Å². The zero-order valence-electron chi connectivity index (χ0n) is 12.6. The van der Waals surface area contributed by atoms with Crippen LogP contribution in [0.5, 0.6) is 5.75 Å². The highest BCUT2D eigenvalue weighted by Crippen LogP contribution is 2.29. The first-order chi connectivity index (χ1) is 10.1. The number of hydrogen-bond acceptors (Lipinski definition) is 2. The lowest BCUT2D eigenvalue weighted by Gasteiger charge is -2.15. The van der Waals surface area contributed by atoms with E-state index < -0.39 is 0 Å². The quantitative estimate of drug-likeness (QED) is 0.815. The van der Waals surface area contributed by atoms with Gasteiger partial charge in [0.25, 0.3) is 0 Å². The number of rotatable bonds is 6. The van der Waals surface area contributed by atoms with Gasteiger partial charge < -0.3 is 10.5 Å². The van der Waals surface area contributed by atoms with Crippen LogP contribution < -0.4 is 10.5 Å². The molecule has 1 atom stereocenters. The fourth-order valence-corrected chi connectivity index (χ4v) is 2.80. The summed E-state index contributed by atoms with van der Waals surface area (Å²) in [5, 5.41) is 0. The summed E-state index contributed by atoms with van der Waals surface area (Å²) in [4.78, 5) is 0. The average molecular weight is 348 g/mol. The van der Waals surface area contributed by atoms with E-state index in [-0.39, 0.29) is 6.04 Å². The number of ether oxygens (including phenoxy) is 1. The maximum Gasteiger partial charge on any atom is 0.133 e. The lowest BCUT2D eigenvalue weighted by atomic mass is 9.98. The minimum Gasteiger partial charge on any atom is -0.492 e. The van der Waals surface area contributed by atoms with Crippen molar-refractivity contribution >= 4 is 15.9 Å². The molecule has 0 amide bonds. The zero-order valence-corrected chi connectivity index (χ0v) is 14.2. The third kappa shape index (κ3) is 4.58. The second-order valence-electron chi connectivity index (χ2n) is 5.34. The first-order valence-corrected chi connectivity index (χ1v) is 8.13. The Morgan fingerprint density at radius 2 is 2.00 bits per heavy atom.